The Hall–Kier alpha value is -0.270. The van der Waals surface area contributed by atoms with Gasteiger partial charge in [-0.1, -0.05) is 0 Å². The average Bonchev–Trinajstić information content (AvgIpc) is 2.08. The first-order valence-corrected chi connectivity index (χ1v) is 3.52. The van der Waals surface area contributed by atoms with Crippen molar-refractivity contribution in [3.63, 3.8) is 0 Å². The third-order valence-corrected chi connectivity index (χ3v) is 1.82. The Balaban J connectivity index is 2.63. The van der Waals surface area contributed by atoms with Crippen LogP contribution in [0.2, 0.25) is 0 Å². The van der Waals surface area contributed by atoms with Gasteiger partial charge in [-0.15, -0.1) is 0 Å². The molecule has 0 saturated carbocycles. The topological polar surface area (TPSA) is 90.2 Å². The zero-order valence-electron chi connectivity index (χ0n) is 6.17. The van der Waals surface area contributed by atoms with Crippen LogP contribution in [-0.4, -0.2) is 57.8 Å². The number of ether oxygens (including phenoxy) is 1. The van der Waals surface area contributed by atoms with Crippen LogP contribution in [0.3, 0.4) is 0 Å². The standard InChI is InChI=1S/C6H11FO5/c7-3-2(1-8)12-6(11)5(10)4(3)9/h2-6,8-11H,1H2/t2-,3-,4-,5-,6-/m0/s1. The van der Waals surface area contributed by atoms with Gasteiger partial charge in [0.15, 0.2) is 12.5 Å². The number of aliphatic hydroxyl groups is 4. The quantitative estimate of drug-likeness (QED) is 0.368. The number of alkyl halides is 1. The summed E-state index contributed by atoms with van der Waals surface area (Å²) in [5.74, 6) is 0. The van der Waals surface area contributed by atoms with Crippen LogP contribution in [-0.2, 0) is 4.74 Å². The normalized spacial score (nSPS) is 49.2. The van der Waals surface area contributed by atoms with Gasteiger partial charge in [-0.3, -0.25) is 0 Å². The van der Waals surface area contributed by atoms with Crippen LogP contribution >= 0.6 is 0 Å². The Morgan fingerprint density at radius 1 is 1.17 bits per heavy atom. The van der Waals surface area contributed by atoms with E-state index in [9.17, 15) is 4.39 Å². The van der Waals surface area contributed by atoms with E-state index in [0.29, 0.717) is 0 Å². The smallest absolute Gasteiger partial charge is 0.184 e. The van der Waals surface area contributed by atoms with E-state index in [1.807, 2.05) is 0 Å². The SMILES string of the molecule is OC[C@@H]1O[C@H](O)[C@@H](O)[C@@H](O)[C@H]1F. The zero-order chi connectivity index (χ0) is 9.30. The van der Waals surface area contributed by atoms with Crippen LogP contribution in [0.4, 0.5) is 4.39 Å². The number of rotatable bonds is 1. The summed E-state index contributed by atoms with van der Waals surface area (Å²) in [6.07, 6.45) is -8.19. The van der Waals surface area contributed by atoms with E-state index < -0.39 is 37.4 Å². The summed E-state index contributed by atoms with van der Waals surface area (Å²) in [6, 6.07) is 0. The van der Waals surface area contributed by atoms with Crippen molar-refractivity contribution < 1.29 is 29.6 Å². The fraction of sp³-hybridized carbons (Fsp3) is 1.00. The van der Waals surface area contributed by atoms with Gasteiger partial charge < -0.3 is 25.2 Å². The maximum atomic E-state index is 12.9. The Labute approximate surface area is 68.0 Å². The highest BCUT2D eigenvalue weighted by molar-refractivity contribution is 4.88. The number of hydrogen-bond acceptors (Lipinski definition) is 5. The first-order chi connectivity index (χ1) is 5.57. The third-order valence-electron chi connectivity index (χ3n) is 1.82. The van der Waals surface area contributed by atoms with Crippen molar-refractivity contribution in [2.75, 3.05) is 6.61 Å². The lowest BCUT2D eigenvalue weighted by Crippen LogP contribution is -2.56. The van der Waals surface area contributed by atoms with Gasteiger partial charge in [-0.05, 0) is 0 Å². The summed E-state index contributed by atoms with van der Waals surface area (Å²) in [5, 5.41) is 35.2. The second-order valence-corrected chi connectivity index (χ2v) is 2.67. The Morgan fingerprint density at radius 2 is 1.75 bits per heavy atom. The highest BCUT2D eigenvalue weighted by Gasteiger charge is 2.43. The van der Waals surface area contributed by atoms with Gasteiger partial charge in [-0.2, -0.15) is 0 Å². The van der Waals surface area contributed by atoms with Crippen molar-refractivity contribution in [1.82, 2.24) is 0 Å². The van der Waals surface area contributed by atoms with Crippen molar-refractivity contribution in [2.24, 2.45) is 0 Å². The molecule has 0 aromatic heterocycles. The summed E-state index contributed by atoms with van der Waals surface area (Å²) in [7, 11) is 0. The van der Waals surface area contributed by atoms with E-state index >= 15 is 0 Å². The summed E-state index contributed by atoms with van der Waals surface area (Å²) in [5.41, 5.74) is 0. The molecule has 1 aliphatic rings. The number of aliphatic hydroxyl groups excluding tert-OH is 4. The minimum Gasteiger partial charge on any atom is -0.394 e. The first-order valence-electron chi connectivity index (χ1n) is 3.52. The lowest BCUT2D eigenvalue weighted by molar-refractivity contribution is -0.274. The van der Waals surface area contributed by atoms with E-state index in [1.165, 1.54) is 0 Å². The van der Waals surface area contributed by atoms with Crippen LogP contribution in [0.25, 0.3) is 0 Å². The van der Waals surface area contributed by atoms with Gasteiger partial charge in [0.2, 0.25) is 0 Å². The van der Waals surface area contributed by atoms with Gasteiger partial charge in [0.05, 0.1) is 6.61 Å². The molecule has 12 heavy (non-hydrogen) atoms. The van der Waals surface area contributed by atoms with Crippen molar-refractivity contribution in [3.05, 3.63) is 0 Å². The second-order valence-electron chi connectivity index (χ2n) is 2.67. The molecule has 0 radical (unpaired) electrons. The largest absolute Gasteiger partial charge is 0.394 e. The van der Waals surface area contributed by atoms with Crippen LogP contribution < -0.4 is 0 Å². The molecule has 4 N–H and O–H groups in total. The fourth-order valence-electron chi connectivity index (χ4n) is 1.06. The summed E-state index contributed by atoms with van der Waals surface area (Å²) in [4.78, 5) is 0. The van der Waals surface area contributed by atoms with Gasteiger partial charge in [0, 0.05) is 0 Å². The predicted octanol–water partition coefficient (Wildman–Crippen LogP) is -2.24. The molecule has 1 heterocycles. The summed E-state index contributed by atoms with van der Waals surface area (Å²) in [6.45, 7) is -0.651. The molecule has 0 spiro atoms. The molecule has 0 aliphatic carbocycles. The molecular formula is C6H11FO5. The van der Waals surface area contributed by atoms with E-state index in [0.717, 1.165) is 0 Å². The number of halogens is 1. The maximum Gasteiger partial charge on any atom is 0.184 e. The van der Waals surface area contributed by atoms with Crippen LogP contribution in [0.15, 0.2) is 0 Å². The molecule has 6 heteroatoms. The molecule has 0 unspecified atom stereocenters. The van der Waals surface area contributed by atoms with Gasteiger partial charge in [0.1, 0.15) is 18.3 Å². The molecular weight excluding hydrogens is 171 g/mol. The molecule has 5 atom stereocenters. The molecule has 1 rings (SSSR count). The molecule has 1 aliphatic heterocycles. The first kappa shape index (κ1) is 9.82. The van der Waals surface area contributed by atoms with Gasteiger partial charge in [0.25, 0.3) is 0 Å². The molecule has 0 aromatic rings. The van der Waals surface area contributed by atoms with E-state index in [4.69, 9.17) is 20.4 Å². The average molecular weight is 182 g/mol. The Kier molecular flexibility index (Phi) is 2.97. The monoisotopic (exact) mass is 182 g/mol. The summed E-state index contributed by atoms with van der Waals surface area (Å²) >= 11 is 0. The Morgan fingerprint density at radius 3 is 2.25 bits per heavy atom. The molecule has 0 aromatic carbocycles. The minimum atomic E-state index is -1.88. The molecule has 0 amide bonds. The van der Waals surface area contributed by atoms with Crippen molar-refractivity contribution in [1.29, 1.82) is 0 Å². The zero-order valence-corrected chi connectivity index (χ0v) is 6.17. The maximum absolute atomic E-state index is 12.9. The van der Waals surface area contributed by atoms with Crippen molar-refractivity contribution in [3.8, 4) is 0 Å². The second kappa shape index (κ2) is 3.63. The van der Waals surface area contributed by atoms with Gasteiger partial charge in [-0.25, -0.2) is 4.39 Å². The lowest BCUT2D eigenvalue weighted by Gasteiger charge is -2.36. The fourth-order valence-corrected chi connectivity index (χ4v) is 1.06. The molecule has 5 nitrogen and oxygen atoms in total. The minimum absolute atomic E-state index is 0.651. The highest BCUT2D eigenvalue weighted by Crippen LogP contribution is 2.21. The molecule has 1 fully saturated rings. The number of hydrogen-bond donors (Lipinski definition) is 4. The van der Waals surface area contributed by atoms with Crippen LogP contribution in [0.1, 0.15) is 0 Å². The predicted molar refractivity (Wildman–Crippen MR) is 34.9 cm³/mol. The molecule has 72 valence electrons. The highest BCUT2D eigenvalue weighted by atomic mass is 19.1. The third kappa shape index (κ3) is 1.57. The van der Waals surface area contributed by atoms with Crippen LogP contribution in [0.5, 0.6) is 0 Å². The van der Waals surface area contributed by atoms with E-state index in [2.05, 4.69) is 4.74 Å². The van der Waals surface area contributed by atoms with Gasteiger partial charge >= 0.3 is 0 Å². The Bertz CT molecular complexity index is 150. The van der Waals surface area contributed by atoms with Crippen molar-refractivity contribution in [2.45, 2.75) is 30.8 Å². The summed E-state index contributed by atoms with van der Waals surface area (Å²) < 4.78 is 17.3. The van der Waals surface area contributed by atoms with Crippen LogP contribution in [0, 0.1) is 0 Å². The van der Waals surface area contributed by atoms with E-state index in [-0.39, 0.29) is 0 Å². The lowest BCUT2D eigenvalue weighted by atomic mass is 10.0. The van der Waals surface area contributed by atoms with Crippen molar-refractivity contribution >= 4 is 0 Å². The molecule has 1 saturated heterocycles. The molecule has 0 bridgehead atoms. The van der Waals surface area contributed by atoms with E-state index in [1.54, 1.807) is 0 Å².